The Kier molecular flexibility index (Phi) is 6.48. The highest BCUT2D eigenvalue weighted by molar-refractivity contribution is 5.82. The van der Waals surface area contributed by atoms with Gasteiger partial charge in [0.1, 0.15) is 0 Å². The summed E-state index contributed by atoms with van der Waals surface area (Å²) in [5.74, 6) is -0.555. The van der Waals surface area contributed by atoms with Gasteiger partial charge < -0.3 is 15.7 Å². The van der Waals surface area contributed by atoms with Crippen LogP contribution in [0.15, 0.2) is 0 Å². The third-order valence-electron chi connectivity index (χ3n) is 3.52. The summed E-state index contributed by atoms with van der Waals surface area (Å²) < 4.78 is 0. The largest absolute Gasteiger partial charge is 0.481 e. The second-order valence-corrected chi connectivity index (χ2v) is 5.51. The predicted octanol–water partition coefficient (Wildman–Crippen LogP) is 0.908. The first-order chi connectivity index (χ1) is 9.43. The minimum atomic E-state index is -0.917. The molecule has 1 saturated carbocycles. The molecule has 0 heterocycles. The first-order valence-electron chi connectivity index (χ1n) is 7.22. The first-order valence-corrected chi connectivity index (χ1v) is 7.22. The van der Waals surface area contributed by atoms with Crippen molar-refractivity contribution in [2.24, 2.45) is 11.8 Å². The number of amides is 2. The van der Waals surface area contributed by atoms with E-state index in [0.29, 0.717) is 18.9 Å². The summed E-state index contributed by atoms with van der Waals surface area (Å²) in [6.45, 7) is 4.27. The lowest BCUT2D eigenvalue weighted by Gasteiger charge is -2.16. The molecule has 6 heteroatoms. The number of nitrogens with one attached hydrogen (secondary N) is 2. The summed E-state index contributed by atoms with van der Waals surface area (Å²) in [6, 6.07) is -0.329. The van der Waals surface area contributed by atoms with Crippen LogP contribution in [-0.2, 0) is 14.4 Å². The molecule has 0 aromatic rings. The predicted molar refractivity (Wildman–Crippen MR) is 74.0 cm³/mol. The molecule has 2 amide bonds. The Labute approximate surface area is 119 Å². The lowest BCUT2D eigenvalue weighted by atomic mass is 10.1. The summed E-state index contributed by atoms with van der Waals surface area (Å²) in [4.78, 5) is 33.9. The average molecular weight is 284 g/mol. The Morgan fingerprint density at radius 1 is 1.35 bits per heavy atom. The Hall–Kier alpha value is -1.59. The van der Waals surface area contributed by atoms with Crippen LogP contribution in [0.4, 0.5) is 0 Å². The monoisotopic (exact) mass is 284 g/mol. The van der Waals surface area contributed by atoms with Gasteiger partial charge in [-0.1, -0.05) is 20.3 Å². The van der Waals surface area contributed by atoms with E-state index >= 15 is 0 Å². The van der Waals surface area contributed by atoms with Gasteiger partial charge in [0.15, 0.2) is 0 Å². The standard InChI is InChI=1S/C14H24N2O4/c1-3-4-10(8-13(18)19)16-12(17)5-6-15-14(20)11-7-9(11)2/h9-11H,3-8H2,1-2H3,(H,15,20)(H,16,17)(H,18,19). The quantitative estimate of drug-likeness (QED) is 0.586. The average Bonchev–Trinajstić information content (AvgIpc) is 3.05. The van der Waals surface area contributed by atoms with Crippen LogP contribution in [0.25, 0.3) is 0 Å². The van der Waals surface area contributed by atoms with E-state index in [-0.39, 0.29) is 36.6 Å². The van der Waals surface area contributed by atoms with Crippen LogP contribution in [-0.4, -0.2) is 35.5 Å². The molecule has 0 aliphatic heterocycles. The minimum Gasteiger partial charge on any atom is -0.481 e. The van der Waals surface area contributed by atoms with Crippen LogP contribution in [0.3, 0.4) is 0 Å². The molecular weight excluding hydrogens is 260 g/mol. The molecule has 0 bridgehead atoms. The van der Waals surface area contributed by atoms with Crippen LogP contribution >= 0.6 is 0 Å². The van der Waals surface area contributed by atoms with E-state index in [0.717, 1.165) is 12.8 Å². The van der Waals surface area contributed by atoms with Crippen molar-refractivity contribution in [3.8, 4) is 0 Å². The van der Waals surface area contributed by atoms with E-state index in [9.17, 15) is 14.4 Å². The molecule has 114 valence electrons. The SMILES string of the molecule is CCCC(CC(=O)O)NC(=O)CCNC(=O)C1CC1C. The molecule has 0 radical (unpaired) electrons. The molecule has 3 atom stereocenters. The zero-order valence-electron chi connectivity index (χ0n) is 12.1. The van der Waals surface area contributed by atoms with E-state index in [4.69, 9.17) is 5.11 Å². The van der Waals surface area contributed by atoms with Crippen molar-refractivity contribution in [2.75, 3.05) is 6.54 Å². The number of carbonyl (C=O) groups is 3. The van der Waals surface area contributed by atoms with Gasteiger partial charge in [-0.2, -0.15) is 0 Å². The summed E-state index contributed by atoms with van der Waals surface area (Å²) in [5, 5.41) is 14.2. The second-order valence-electron chi connectivity index (χ2n) is 5.51. The fourth-order valence-electron chi connectivity index (χ4n) is 2.20. The van der Waals surface area contributed by atoms with Crippen LogP contribution in [0, 0.1) is 11.8 Å². The number of carbonyl (C=O) groups excluding carboxylic acids is 2. The maximum Gasteiger partial charge on any atom is 0.305 e. The number of aliphatic carboxylic acids is 1. The third kappa shape index (κ3) is 6.04. The fraction of sp³-hybridized carbons (Fsp3) is 0.786. The van der Waals surface area contributed by atoms with Gasteiger partial charge in [0.25, 0.3) is 0 Å². The Morgan fingerprint density at radius 3 is 2.50 bits per heavy atom. The molecule has 0 aromatic carbocycles. The lowest BCUT2D eigenvalue weighted by molar-refractivity contribution is -0.137. The minimum absolute atomic E-state index is 0.0148. The zero-order chi connectivity index (χ0) is 15.1. The van der Waals surface area contributed by atoms with Gasteiger partial charge in [-0.15, -0.1) is 0 Å². The van der Waals surface area contributed by atoms with Crippen molar-refractivity contribution >= 4 is 17.8 Å². The van der Waals surface area contributed by atoms with Crippen molar-refractivity contribution in [1.29, 1.82) is 0 Å². The highest BCUT2D eigenvalue weighted by Gasteiger charge is 2.38. The van der Waals surface area contributed by atoms with Gasteiger partial charge in [-0.05, 0) is 18.8 Å². The maximum absolute atomic E-state index is 11.7. The Morgan fingerprint density at radius 2 is 2.00 bits per heavy atom. The van der Waals surface area contributed by atoms with Gasteiger partial charge in [0, 0.05) is 24.9 Å². The van der Waals surface area contributed by atoms with Gasteiger partial charge in [0.2, 0.25) is 11.8 Å². The van der Waals surface area contributed by atoms with Gasteiger partial charge in [0.05, 0.1) is 6.42 Å². The molecular formula is C14H24N2O4. The van der Waals surface area contributed by atoms with Crippen molar-refractivity contribution < 1.29 is 19.5 Å². The number of rotatable bonds is 9. The van der Waals surface area contributed by atoms with E-state index in [2.05, 4.69) is 10.6 Å². The second kappa shape index (κ2) is 7.87. The Bertz CT molecular complexity index is 370. The molecule has 1 rings (SSSR count). The van der Waals surface area contributed by atoms with Crippen molar-refractivity contribution in [2.45, 2.75) is 52.0 Å². The third-order valence-corrected chi connectivity index (χ3v) is 3.52. The van der Waals surface area contributed by atoms with Crippen molar-refractivity contribution in [3.05, 3.63) is 0 Å². The highest BCUT2D eigenvalue weighted by atomic mass is 16.4. The summed E-state index contributed by atoms with van der Waals surface area (Å²) in [7, 11) is 0. The number of hydrogen-bond donors (Lipinski definition) is 3. The van der Waals surface area contributed by atoms with E-state index in [1.165, 1.54) is 0 Å². The van der Waals surface area contributed by atoms with Crippen LogP contribution < -0.4 is 10.6 Å². The van der Waals surface area contributed by atoms with E-state index in [1.54, 1.807) is 0 Å². The number of carboxylic acid groups (broad SMARTS) is 1. The summed E-state index contributed by atoms with van der Waals surface area (Å²) in [5.41, 5.74) is 0. The summed E-state index contributed by atoms with van der Waals surface area (Å²) >= 11 is 0. The molecule has 20 heavy (non-hydrogen) atoms. The topological polar surface area (TPSA) is 95.5 Å². The van der Waals surface area contributed by atoms with Crippen molar-refractivity contribution in [1.82, 2.24) is 10.6 Å². The fourth-order valence-corrected chi connectivity index (χ4v) is 2.20. The normalized spacial score (nSPS) is 21.9. The van der Waals surface area contributed by atoms with Crippen molar-refractivity contribution in [3.63, 3.8) is 0 Å². The zero-order valence-corrected chi connectivity index (χ0v) is 12.1. The Balaban J connectivity index is 2.20. The molecule has 0 spiro atoms. The van der Waals surface area contributed by atoms with E-state index in [1.807, 2.05) is 13.8 Å². The summed E-state index contributed by atoms with van der Waals surface area (Å²) in [6.07, 6.45) is 2.51. The van der Waals surface area contributed by atoms with Crippen LogP contribution in [0.2, 0.25) is 0 Å². The molecule has 1 aliphatic carbocycles. The molecule has 6 nitrogen and oxygen atoms in total. The molecule has 1 aliphatic rings. The smallest absolute Gasteiger partial charge is 0.305 e. The van der Waals surface area contributed by atoms with E-state index < -0.39 is 5.97 Å². The first kappa shape index (κ1) is 16.5. The van der Waals surface area contributed by atoms with Gasteiger partial charge in [-0.25, -0.2) is 0 Å². The molecule has 3 N–H and O–H groups in total. The van der Waals surface area contributed by atoms with Gasteiger partial charge >= 0.3 is 5.97 Å². The molecule has 0 aromatic heterocycles. The van der Waals surface area contributed by atoms with Crippen LogP contribution in [0.5, 0.6) is 0 Å². The van der Waals surface area contributed by atoms with Gasteiger partial charge in [-0.3, -0.25) is 14.4 Å². The number of carboxylic acids is 1. The van der Waals surface area contributed by atoms with Crippen LogP contribution in [0.1, 0.15) is 46.0 Å². The number of hydrogen-bond acceptors (Lipinski definition) is 3. The highest BCUT2D eigenvalue weighted by Crippen LogP contribution is 2.37. The molecule has 3 unspecified atom stereocenters. The molecule has 1 fully saturated rings. The lowest BCUT2D eigenvalue weighted by Crippen LogP contribution is -2.38. The maximum atomic E-state index is 11.7. The molecule has 0 saturated heterocycles.